The number of nitrogens with zero attached hydrogens (tertiary/aromatic N) is 1. The van der Waals surface area contributed by atoms with E-state index in [1.807, 2.05) is 0 Å². The first-order chi connectivity index (χ1) is 15.4. The highest BCUT2D eigenvalue weighted by Crippen LogP contribution is 2.26. The molecule has 1 saturated heterocycles. The van der Waals surface area contributed by atoms with E-state index in [1.165, 1.54) is 35.1 Å². The SMILES string of the molecule is Cc1ccc(C(CN2CCN[C@H](C)C2)Oc2ccc(S(=O)(=O)NCC(F)(F)F)cc2)cc1F. The second kappa shape index (κ2) is 10.4. The third-order valence-electron chi connectivity index (χ3n) is 5.32. The number of hydrogen-bond donors (Lipinski definition) is 2. The van der Waals surface area contributed by atoms with Crippen molar-refractivity contribution in [3.63, 3.8) is 0 Å². The highest BCUT2D eigenvalue weighted by Gasteiger charge is 2.30. The molecular weight excluding hydrogens is 462 g/mol. The molecule has 3 rings (SSSR count). The number of ether oxygens (including phenoxy) is 1. The molecule has 1 aliphatic heterocycles. The lowest BCUT2D eigenvalue weighted by molar-refractivity contribution is -0.121. The van der Waals surface area contributed by atoms with E-state index < -0.39 is 28.8 Å². The van der Waals surface area contributed by atoms with Gasteiger partial charge in [-0.25, -0.2) is 17.5 Å². The van der Waals surface area contributed by atoms with E-state index in [4.69, 9.17) is 4.74 Å². The molecule has 11 heteroatoms. The first kappa shape index (κ1) is 25.4. The summed E-state index contributed by atoms with van der Waals surface area (Å²) in [7, 11) is -4.32. The summed E-state index contributed by atoms with van der Waals surface area (Å²) in [4.78, 5) is 1.89. The number of piperazine rings is 1. The molecule has 2 aromatic rings. The van der Waals surface area contributed by atoms with E-state index in [0.29, 0.717) is 29.5 Å². The number of benzene rings is 2. The van der Waals surface area contributed by atoms with Crippen LogP contribution in [0.3, 0.4) is 0 Å². The maximum absolute atomic E-state index is 14.2. The lowest BCUT2D eigenvalue weighted by Crippen LogP contribution is -2.50. The fraction of sp³-hybridized carbons (Fsp3) is 0.455. The van der Waals surface area contributed by atoms with Crippen molar-refractivity contribution in [3.8, 4) is 5.75 Å². The van der Waals surface area contributed by atoms with E-state index in [2.05, 4.69) is 17.1 Å². The van der Waals surface area contributed by atoms with Crippen molar-refractivity contribution in [2.75, 3.05) is 32.7 Å². The summed E-state index contributed by atoms with van der Waals surface area (Å²) in [6.45, 7) is 4.96. The van der Waals surface area contributed by atoms with E-state index in [9.17, 15) is 26.0 Å². The predicted molar refractivity (Wildman–Crippen MR) is 116 cm³/mol. The van der Waals surface area contributed by atoms with Crippen LogP contribution < -0.4 is 14.8 Å². The number of alkyl halides is 3. The normalized spacial score (nSPS) is 18.8. The Hall–Kier alpha value is -2.21. The molecule has 2 N–H and O–H groups in total. The average Bonchev–Trinajstić information content (AvgIpc) is 2.74. The highest BCUT2D eigenvalue weighted by molar-refractivity contribution is 7.89. The number of aryl methyl sites for hydroxylation is 1. The Morgan fingerprint density at radius 3 is 2.52 bits per heavy atom. The average molecular weight is 490 g/mol. The second-order valence-electron chi connectivity index (χ2n) is 8.14. The zero-order valence-electron chi connectivity index (χ0n) is 18.3. The van der Waals surface area contributed by atoms with E-state index in [0.717, 1.165) is 19.6 Å². The standard InChI is InChI=1S/C22H27F4N3O3S/c1-15-3-4-17(11-20(15)23)21(13-29-10-9-27-16(2)12-29)32-18-5-7-19(8-6-18)33(30,31)28-14-22(24,25)26/h3-8,11,16,21,27-28H,9-10,12-14H2,1-2H3/t16-,21?/m1/s1. The minimum atomic E-state index is -4.66. The Bertz CT molecular complexity index is 1050. The molecule has 2 aromatic carbocycles. The summed E-state index contributed by atoms with van der Waals surface area (Å²) in [6.07, 6.45) is -5.19. The first-order valence-corrected chi connectivity index (χ1v) is 12.0. The number of hydrogen-bond acceptors (Lipinski definition) is 5. The van der Waals surface area contributed by atoms with Gasteiger partial charge in [0.2, 0.25) is 10.0 Å². The Labute approximate surface area is 191 Å². The van der Waals surface area contributed by atoms with Gasteiger partial charge in [-0.1, -0.05) is 12.1 Å². The molecule has 0 bridgehead atoms. The third kappa shape index (κ3) is 7.39. The highest BCUT2D eigenvalue weighted by atomic mass is 32.2. The zero-order valence-corrected chi connectivity index (χ0v) is 19.1. The van der Waals surface area contributed by atoms with Gasteiger partial charge in [-0.05, 0) is 55.3 Å². The molecule has 6 nitrogen and oxygen atoms in total. The Balaban J connectivity index is 1.78. The van der Waals surface area contributed by atoms with Crippen LogP contribution in [0.25, 0.3) is 0 Å². The number of nitrogens with one attached hydrogen (secondary N) is 2. The molecule has 1 aliphatic rings. The molecule has 0 amide bonds. The molecule has 0 radical (unpaired) electrons. The minimum absolute atomic E-state index is 0.294. The summed E-state index contributed by atoms with van der Waals surface area (Å²) < 4.78 is 83.1. The van der Waals surface area contributed by atoms with Crippen molar-refractivity contribution in [1.29, 1.82) is 0 Å². The van der Waals surface area contributed by atoms with Gasteiger partial charge >= 0.3 is 6.18 Å². The topological polar surface area (TPSA) is 70.7 Å². The smallest absolute Gasteiger partial charge is 0.402 e. The quantitative estimate of drug-likeness (QED) is 0.557. The van der Waals surface area contributed by atoms with E-state index in [1.54, 1.807) is 19.1 Å². The van der Waals surface area contributed by atoms with Crippen LogP contribution in [0.5, 0.6) is 5.75 Å². The fourth-order valence-electron chi connectivity index (χ4n) is 3.55. The monoisotopic (exact) mass is 489 g/mol. The molecule has 0 aromatic heterocycles. The van der Waals surface area contributed by atoms with Gasteiger partial charge in [0.15, 0.2) is 0 Å². The van der Waals surface area contributed by atoms with Gasteiger partial charge in [-0.2, -0.15) is 13.2 Å². The molecule has 0 spiro atoms. The lowest BCUT2D eigenvalue weighted by Gasteiger charge is -2.34. The van der Waals surface area contributed by atoms with Gasteiger partial charge in [0.25, 0.3) is 0 Å². The summed E-state index contributed by atoms with van der Waals surface area (Å²) in [5.74, 6) is -0.0362. The Morgan fingerprint density at radius 2 is 1.91 bits per heavy atom. The zero-order chi connectivity index (χ0) is 24.2. The van der Waals surface area contributed by atoms with E-state index >= 15 is 0 Å². The number of rotatable bonds is 8. The lowest BCUT2D eigenvalue weighted by atomic mass is 10.1. The van der Waals surface area contributed by atoms with Crippen LogP contribution in [0.2, 0.25) is 0 Å². The molecule has 1 unspecified atom stereocenters. The number of halogens is 4. The summed E-state index contributed by atoms with van der Waals surface area (Å²) in [6, 6.07) is 10.3. The molecule has 33 heavy (non-hydrogen) atoms. The van der Waals surface area contributed by atoms with Gasteiger partial charge in [0.05, 0.1) is 4.90 Å². The van der Waals surface area contributed by atoms with Crippen molar-refractivity contribution in [2.24, 2.45) is 0 Å². The second-order valence-corrected chi connectivity index (χ2v) is 9.91. The van der Waals surface area contributed by atoms with Crippen LogP contribution in [0.1, 0.15) is 24.2 Å². The molecule has 1 heterocycles. The van der Waals surface area contributed by atoms with Gasteiger partial charge in [0.1, 0.15) is 24.2 Å². The van der Waals surface area contributed by atoms with Crippen LogP contribution in [0.4, 0.5) is 17.6 Å². The van der Waals surface area contributed by atoms with Crippen LogP contribution >= 0.6 is 0 Å². The largest absolute Gasteiger partial charge is 0.484 e. The Kier molecular flexibility index (Phi) is 7.99. The third-order valence-corrected chi connectivity index (χ3v) is 6.74. The minimum Gasteiger partial charge on any atom is -0.484 e. The summed E-state index contributed by atoms with van der Waals surface area (Å²) >= 11 is 0. The van der Waals surface area contributed by atoms with Crippen molar-refractivity contribution in [2.45, 2.75) is 37.1 Å². The van der Waals surface area contributed by atoms with Gasteiger partial charge in [0, 0.05) is 32.2 Å². The van der Waals surface area contributed by atoms with Crippen LogP contribution in [-0.4, -0.2) is 58.3 Å². The van der Waals surface area contributed by atoms with Crippen LogP contribution in [-0.2, 0) is 10.0 Å². The van der Waals surface area contributed by atoms with Gasteiger partial charge in [-0.15, -0.1) is 0 Å². The van der Waals surface area contributed by atoms with Gasteiger partial charge in [-0.3, -0.25) is 4.90 Å². The van der Waals surface area contributed by atoms with Crippen molar-refractivity contribution in [1.82, 2.24) is 14.9 Å². The summed E-state index contributed by atoms with van der Waals surface area (Å²) in [5.41, 5.74) is 1.14. The van der Waals surface area contributed by atoms with Gasteiger partial charge < -0.3 is 10.1 Å². The Morgan fingerprint density at radius 1 is 1.21 bits per heavy atom. The van der Waals surface area contributed by atoms with Crippen LogP contribution in [0, 0.1) is 12.7 Å². The number of sulfonamides is 1. The molecule has 2 atom stereocenters. The van der Waals surface area contributed by atoms with Crippen molar-refractivity contribution in [3.05, 3.63) is 59.4 Å². The molecule has 0 aliphatic carbocycles. The van der Waals surface area contributed by atoms with E-state index in [-0.39, 0.29) is 10.7 Å². The van der Waals surface area contributed by atoms with Crippen molar-refractivity contribution >= 4 is 10.0 Å². The predicted octanol–water partition coefficient (Wildman–Crippen LogP) is 3.39. The maximum Gasteiger partial charge on any atom is 0.402 e. The maximum atomic E-state index is 14.2. The fourth-order valence-corrected chi connectivity index (χ4v) is 4.57. The molecule has 1 fully saturated rings. The molecule has 0 saturated carbocycles. The van der Waals surface area contributed by atoms with Crippen LogP contribution in [0.15, 0.2) is 47.4 Å². The first-order valence-electron chi connectivity index (χ1n) is 10.5. The van der Waals surface area contributed by atoms with Crippen molar-refractivity contribution < 1.29 is 30.7 Å². The summed E-state index contributed by atoms with van der Waals surface area (Å²) in [5, 5.41) is 3.36. The molecular formula is C22H27F4N3O3S. The molecule has 182 valence electrons.